The van der Waals surface area contributed by atoms with Crippen molar-refractivity contribution >= 4 is 34.4 Å². The van der Waals surface area contributed by atoms with Crippen molar-refractivity contribution in [3.05, 3.63) is 47.4 Å². The number of anilines is 1. The van der Waals surface area contributed by atoms with Crippen molar-refractivity contribution in [2.75, 3.05) is 31.5 Å². The zero-order valence-electron chi connectivity index (χ0n) is 16.1. The lowest BCUT2D eigenvalue weighted by atomic mass is 10.1. The van der Waals surface area contributed by atoms with Gasteiger partial charge in [-0.2, -0.15) is 5.10 Å². The average Bonchev–Trinajstić information content (AvgIpc) is 3.08. The van der Waals surface area contributed by atoms with Gasteiger partial charge in [0.2, 0.25) is 0 Å². The summed E-state index contributed by atoms with van der Waals surface area (Å²) in [5.41, 5.74) is 2.03. The van der Waals surface area contributed by atoms with Gasteiger partial charge in [0.15, 0.2) is 11.6 Å². The lowest BCUT2D eigenvalue weighted by Gasteiger charge is -2.12. The SMILES string of the molecule is CCNC(=NCCc1ccc(Cl)cc1)NCCNc1ncnc2c1cnn2C. The number of halogens is 1. The molecule has 2 heterocycles. The number of nitrogens with zero attached hydrogens (tertiary/aromatic N) is 5. The summed E-state index contributed by atoms with van der Waals surface area (Å²) < 4.78 is 1.73. The molecular weight excluding hydrogens is 376 g/mol. The molecule has 0 aliphatic rings. The monoisotopic (exact) mass is 400 g/mol. The van der Waals surface area contributed by atoms with Crippen LogP contribution in [0.1, 0.15) is 12.5 Å². The first-order chi connectivity index (χ1) is 13.7. The highest BCUT2D eigenvalue weighted by atomic mass is 35.5. The number of aromatic nitrogens is 4. The summed E-state index contributed by atoms with van der Waals surface area (Å²) in [6.45, 7) is 4.96. The summed E-state index contributed by atoms with van der Waals surface area (Å²) in [7, 11) is 1.86. The molecule has 28 heavy (non-hydrogen) atoms. The topological polar surface area (TPSA) is 92.1 Å². The van der Waals surface area contributed by atoms with Crippen molar-refractivity contribution in [2.45, 2.75) is 13.3 Å². The number of nitrogens with one attached hydrogen (secondary N) is 3. The van der Waals surface area contributed by atoms with Crippen molar-refractivity contribution in [2.24, 2.45) is 12.0 Å². The smallest absolute Gasteiger partial charge is 0.191 e. The van der Waals surface area contributed by atoms with Crippen LogP contribution in [0.3, 0.4) is 0 Å². The van der Waals surface area contributed by atoms with Gasteiger partial charge in [-0.15, -0.1) is 0 Å². The van der Waals surface area contributed by atoms with E-state index >= 15 is 0 Å². The number of hydrogen-bond acceptors (Lipinski definition) is 5. The fourth-order valence-corrected chi connectivity index (χ4v) is 2.88. The van der Waals surface area contributed by atoms with E-state index in [1.165, 1.54) is 5.56 Å². The normalized spacial score (nSPS) is 11.6. The van der Waals surface area contributed by atoms with Gasteiger partial charge in [0.25, 0.3) is 0 Å². The van der Waals surface area contributed by atoms with Crippen LogP contribution >= 0.6 is 11.6 Å². The molecule has 1 aromatic carbocycles. The molecule has 9 heteroatoms. The Kier molecular flexibility index (Phi) is 7.02. The number of hydrogen-bond donors (Lipinski definition) is 3. The first-order valence-corrected chi connectivity index (χ1v) is 9.68. The van der Waals surface area contributed by atoms with Crippen LogP contribution in [0.15, 0.2) is 41.8 Å². The summed E-state index contributed by atoms with van der Waals surface area (Å²) in [5, 5.41) is 15.8. The highest BCUT2D eigenvalue weighted by molar-refractivity contribution is 6.30. The molecule has 3 rings (SSSR count). The van der Waals surface area contributed by atoms with Gasteiger partial charge in [0.1, 0.15) is 12.1 Å². The minimum absolute atomic E-state index is 0.697. The third-order valence-corrected chi connectivity index (χ3v) is 4.42. The zero-order chi connectivity index (χ0) is 19.8. The Morgan fingerprint density at radius 2 is 1.96 bits per heavy atom. The van der Waals surface area contributed by atoms with Crippen LogP contribution < -0.4 is 16.0 Å². The molecule has 0 atom stereocenters. The summed E-state index contributed by atoms with van der Waals surface area (Å²) in [4.78, 5) is 13.2. The van der Waals surface area contributed by atoms with Crippen LogP contribution in [0.5, 0.6) is 0 Å². The molecule has 0 bridgehead atoms. The molecule has 148 valence electrons. The summed E-state index contributed by atoms with van der Waals surface area (Å²) in [5.74, 6) is 1.58. The van der Waals surface area contributed by atoms with Gasteiger partial charge in [-0.3, -0.25) is 9.67 Å². The van der Waals surface area contributed by atoms with E-state index in [-0.39, 0.29) is 0 Å². The van der Waals surface area contributed by atoms with Gasteiger partial charge in [0, 0.05) is 38.2 Å². The molecule has 0 amide bonds. The number of rotatable bonds is 8. The first kappa shape index (κ1) is 19.9. The molecule has 0 fully saturated rings. The Hall–Kier alpha value is -2.87. The molecule has 0 spiro atoms. The van der Waals surface area contributed by atoms with E-state index in [0.717, 1.165) is 40.8 Å². The summed E-state index contributed by atoms with van der Waals surface area (Å²) in [6, 6.07) is 7.87. The molecule has 0 aliphatic carbocycles. The average molecular weight is 401 g/mol. The van der Waals surface area contributed by atoms with Crippen molar-refractivity contribution in [1.82, 2.24) is 30.4 Å². The van der Waals surface area contributed by atoms with Crippen LogP contribution in [0.4, 0.5) is 5.82 Å². The third-order valence-electron chi connectivity index (χ3n) is 4.17. The van der Waals surface area contributed by atoms with Crippen LogP contribution in [0.25, 0.3) is 11.0 Å². The van der Waals surface area contributed by atoms with Gasteiger partial charge in [-0.05, 0) is 31.0 Å². The fourth-order valence-electron chi connectivity index (χ4n) is 2.75. The second-order valence-corrected chi connectivity index (χ2v) is 6.65. The maximum Gasteiger partial charge on any atom is 0.191 e. The van der Waals surface area contributed by atoms with E-state index in [1.54, 1.807) is 17.2 Å². The Bertz CT molecular complexity index is 919. The van der Waals surface area contributed by atoms with Crippen molar-refractivity contribution < 1.29 is 0 Å². The van der Waals surface area contributed by atoms with E-state index in [9.17, 15) is 0 Å². The van der Waals surface area contributed by atoms with Crippen LogP contribution in [-0.2, 0) is 13.5 Å². The molecule has 3 aromatic rings. The lowest BCUT2D eigenvalue weighted by molar-refractivity contribution is 0.785. The van der Waals surface area contributed by atoms with Gasteiger partial charge in [-0.25, -0.2) is 9.97 Å². The highest BCUT2D eigenvalue weighted by Crippen LogP contribution is 2.17. The number of aliphatic imine (C=N–C) groups is 1. The van der Waals surface area contributed by atoms with Crippen molar-refractivity contribution in [3.8, 4) is 0 Å². The number of benzene rings is 1. The molecule has 0 saturated carbocycles. The quantitative estimate of drug-likeness (QED) is 0.305. The maximum atomic E-state index is 5.92. The van der Waals surface area contributed by atoms with Gasteiger partial charge < -0.3 is 16.0 Å². The van der Waals surface area contributed by atoms with Crippen LogP contribution in [0.2, 0.25) is 5.02 Å². The summed E-state index contributed by atoms with van der Waals surface area (Å²) >= 11 is 5.92. The molecule has 8 nitrogen and oxygen atoms in total. The predicted molar refractivity (Wildman–Crippen MR) is 114 cm³/mol. The molecular formula is C19H25ClN8. The van der Waals surface area contributed by atoms with Gasteiger partial charge in [0.05, 0.1) is 11.6 Å². The lowest BCUT2D eigenvalue weighted by Crippen LogP contribution is -2.39. The Labute approximate surface area is 169 Å². The Morgan fingerprint density at radius 3 is 2.75 bits per heavy atom. The second-order valence-electron chi connectivity index (χ2n) is 6.22. The highest BCUT2D eigenvalue weighted by Gasteiger charge is 2.07. The maximum absolute atomic E-state index is 5.92. The van der Waals surface area contributed by atoms with Gasteiger partial charge in [-0.1, -0.05) is 23.7 Å². The minimum atomic E-state index is 0.697. The van der Waals surface area contributed by atoms with E-state index in [0.29, 0.717) is 19.6 Å². The predicted octanol–water partition coefficient (Wildman–Crippen LogP) is 2.23. The van der Waals surface area contributed by atoms with Gasteiger partial charge >= 0.3 is 0 Å². The Morgan fingerprint density at radius 1 is 1.14 bits per heavy atom. The van der Waals surface area contributed by atoms with E-state index in [2.05, 4.69) is 42.9 Å². The largest absolute Gasteiger partial charge is 0.368 e. The fraction of sp³-hybridized carbons (Fsp3) is 0.368. The van der Waals surface area contributed by atoms with Crippen molar-refractivity contribution in [3.63, 3.8) is 0 Å². The van der Waals surface area contributed by atoms with E-state index < -0.39 is 0 Å². The number of fused-ring (bicyclic) bond motifs is 1. The standard InChI is InChI=1S/C19H25ClN8/c1-3-21-19(23-9-8-14-4-6-15(20)7-5-14)24-11-10-22-17-16-12-27-28(2)18(16)26-13-25-17/h4-7,12-13H,3,8-11H2,1-2H3,(H2,21,23,24)(H,22,25,26). The van der Waals surface area contributed by atoms with Crippen molar-refractivity contribution in [1.29, 1.82) is 0 Å². The molecule has 3 N–H and O–H groups in total. The summed E-state index contributed by atoms with van der Waals surface area (Å²) in [6.07, 6.45) is 4.18. The van der Waals surface area contributed by atoms with E-state index in [4.69, 9.17) is 11.6 Å². The molecule has 0 unspecified atom stereocenters. The van der Waals surface area contributed by atoms with Crippen LogP contribution in [0, 0.1) is 0 Å². The third kappa shape index (κ3) is 5.32. The molecule has 2 aromatic heterocycles. The number of aryl methyl sites for hydroxylation is 1. The minimum Gasteiger partial charge on any atom is -0.368 e. The first-order valence-electron chi connectivity index (χ1n) is 9.30. The second kappa shape index (κ2) is 9.89. The molecule has 0 radical (unpaired) electrons. The molecule has 0 saturated heterocycles. The number of guanidine groups is 1. The Balaban J connectivity index is 1.48. The zero-order valence-corrected chi connectivity index (χ0v) is 16.9. The van der Waals surface area contributed by atoms with E-state index in [1.807, 2.05) is 31.3 Å². The molecule has 0 aliphatic heterocycles. The van der Waals surface area contributed by atoms with Crippen LogP contribution in [-0.4, -0.2) is 51.9 Å².